The molecule has 0 saturated carbocycles. The highest BCUT2D eigenvalue weighted by atomic mass is 16.7. The molecule has 1 aliphatic rings. The standard InChI is InChI=1S/C12H16O3.2CH4/c1-3-9(2)13-7-10-4-5-11-12(6-10)15-8-14-11;;/h4-6,9H,3,7-8H2,1-2H3;2*1H4. The smallest absolute Gasteiger partial charge is 0.231 e. The van der Waals surface area contributed by atoms with E-state index >= 15 is 0 Å². The van der Waals surface area contributed by atoms with Crippen LogP contribution in [0.4, 0.5) is 0 Å². The first-order chi connectivity index (χ1) is 7.29. The Morgan fingerprint density at radius 3 is 2.65 bits per heavy atom. The van der Waals surface area contributed by atoms with Gasteiger partial charge in [0.1, 0.15) is 0 Å². The minimum absolute atomic E-state index is 0. The molecule has 17 heavy (non-hydrogen) atoms. The highest BCUT2D eigenvalue weighted by Gasteiger charge is 2.13. The van der Waals surface area contributed by atoms with E-state index < -0.39 is 0 Å². The van der Waals surface area contributed by atoms with E-state index in [1.165, 1.54) is 0 Å². The normalized spacial score (nSPS) is 13.5. The van der Waals surface area contributed by atoms with Crippen molar-refractivity contribution in [2.24, 2.45) is 0 Å². The zero-order chi connectivity index (χ0) is 10.7. The van der Waals surface area contributed by atoms with Crippen molar-refractivity contribution in [2.45, 2.75) is 47.8 Å². The number of hydrogen-bond donors (Lipinski definition) is 0. The maximum Gasteiger partial charge on any atom is 0.231 e. The quantitative estimate of drug-likeness (QED) is 0.796. The van der Waals surface area contributed by atoms with Crippen molar-refractivity contribution < 1.29 is 14.2 Å². The van der Waals surface area contributed by atoms with Gasteiger partial charge in [-0.25, -0.2) is 0 Å². The van der Waals surface area contributed by atoms with Crippen LogP contribution in [0.25, 0.3) is 0 Å². The molecule has 0 N–H and O–H groups in total. The molecule has 0 amide bonds. The van der Waals surface area contributed by atoms with Gasteiger partial charge < -0.3 is 14.2 Å². The predicted octanol–water partition coefficient (Wildman–Crippen LogP) is 4.00. The van der Waals surface area contributed by atoms with Gasteiger partial charge in [0, 0.05) is 0 Å². The Morgan fingerprint density at radius 2 is 1.94 bits per heavy atom. The molecule has 1 aromatic carbocycles. The SMILES string of the molecule is C.C.CCC(C)OCc1ccc2c(c1)OCO2. The second-order valence-electron chi connectivity index (χ2n) is 3.72. The third-order valence-corrected chi connectivity index (χ3v) is 2.55. The van der Waals surface area contributed by atoms with E-state index in [0.717, 1.165) is 23.5 Å². The molecule has 0 bridgehead atoms. The molecule has 0 saturated heterocycles. The fourth-order valence-corrected chi connectivity index (χ4v) is 1.39. The first-order valence-electron chi connectivity index (χ1n) is 5.29. The van der Waals surface area contributed by atoms with Crippen LogP contribution in [0.15, 0.2) is 18.2 Å². The number of hydrogen-bond acceptors (Lipinski definition) is 3. The lowest BCUT2D eigenvalue weighted by Gasteiger charge is -2.10. The van der Waals surface area contributed by atoms with Crippen molar-refractivity contribution in [1.29, 1.82) is 0 Å². The Kier molecular flexibility index (Phi) is 6.66. The van der Waals surface area contributed by atoms with Crippen molar-refractivity contribution in [1.82, 2.24) is 0 Å². The molecule has 1 heterocycles. The van der Waals surface area contributed by atoms with Gasteiger partial charge in [0.25, 0.3) is 0 Å². The van der Waals surface area contributed by atoms with Gasteiger partial charge in [0.15, 0.2) is 11.5 Å². The highest BCUT2D eigenvalue weighted by Crippen LogP contribution is 2.32. The summed E-state index contributed by atoms with van der Waals surface area (Å²) >= 11 is 0. The Labute approximate surface area is 105 Å². The number of benzene rings is 1. The number of rotatable bonds is 4. The summed E-state index contributed by atoms with van der Waals surface area (Å²) in [7, 11) is 0. The fraction of sp³-hybridized carbons (Fsp3) is 0.571. The van der Waals surface area contributed by atoms with Crippen molar-refractivity contribution in [3.63, 3.8) is 0 Å². The van der Waals surface area contributed by atoms with Gasteiger partial charge in [-0.2, -0.15) is 0 Å². The number of ether oxygens (including phenoxy) is 3. The summed E-state index contributed by atoms with van der Waals surface area (Å²) in [5.74, 6) is 1.64. The van der Waals surface area contributed by atoms with Gasteiger partial charge in [-0.1, -0.05) is 27.8 Å². The van der Waals surface area contributed by atoms with Gasteiger partial charge >= 0.3 is 0 Å². The second kappa shape index (κ2) is 7.17. The monoisotopic (exact) mass is 240 g/mol. The third kappa shape index (κ3) is 3.93. The molecule has 1 atom stereocenters. The summed E-state index contributed by atoms with van der Waals surface area (Å²) in [4.78, 5) is 0. The summed E-state index contributed by atoms with van der Waals surface area (Å²) in [5, 5.41) is 0. The van der Waals surface area contributed by atoms with E-state index in [1.807, 2.05) is 18.2 Å². The summed E-state index contributed by atoms with van der Waals surface area (Å²) in [5.41, 5.74) is 1.12. The molecule has 1 aromatic rings. The summed E-state index contributed by atoms with van der Waals surface area (Å²) < 4.78 is 16.2. The zero-order valence-corrected chi connectivity index (χ0v) is 9.16. The van der Waals surface area contributed by atoms with Crippen LogP contribution in [0, 0.1) is 0 Å². The average Bonchev–Trinajstić information content (AvgIpc) is 2.72. The van der Waals surface area contributed by atoms with Crippen LogP contribution in [0.2, 0.25) is 0 Å². The maximum absolute atomic E-state index is 5.64. The summed E-state index contributed by atoms with van der Waals surface area (Å²) in [6.45, 7) is 5.15. The largest absolute Gasteiger partial charge is 0.454 e. The van der Waals surface area contributed by atoms with Crippen molar-refractivity contribution in [3.8, 4) is 11.5 Å². The Hall–Kier alpha value is -1.22. The van der Waals surface area contributed by atoms with E-state index in [2.05, 4.69) is 13.8 Å². The number of fused-ring (bicyclic) bond motifs is 1. The maximum atomic E-state index is 5.64. The minimum atomic E-state index is 0. The summed E-state index contributed by atoms with van der Waals surface area (Å²) in [6, 6.07) is 5.91. The fourth-order valence-electron chi connectivity index (χ4n) is 1.39. The molecule has 0 fully saturated rings. The molecule has 0 spiro atoms. The molecular formula is C14H24O3. The van der Waals surface area contributed by atoms with Crippen LogP contribution >= 0.6 is 0 Å². The van der Waals surface area contributed by atoms with E-state index in [9.17, 15) is 0 Å². The highest BCUT2D eigenvalue weighted by molar-refractivity contribution is 5.44. The molecule has 0 aromatic heterocycles. The summed E-state index contributed by atoms with van der Waals surface area (Å²) in [6.07, 6.45) is 1.33. The molecular weight excluding hydrogens is 216 g/mol. The van der Waals surface area contributed by atoms with E-state index in [-0.39, 0.29) is 14.9 Å². The van der Waals surface area contributed by atoms with Crippen LogP contribution in [0.3, 0.4) is 0 Å². The van der Waals surface area contributed by atoms with Crippen molar-refractivity contribution in [3.05, 3.63) is 23.8 Å². The molecule has 1 unspecified atom stereocenters. The lowest BCUT2D eigenvalue weighted by molar-refractivity contribution is 0.0507. The average molecular weight is 240 g/mol. The van der Waals surface area contributed by atoms with Gasteiger partial charge in [0.05, 0.1) is 12.7 Å². The molecule has 3 nitrogen and oxygen atoms in total. The lowest BCUT2D eigenvalue weighted by Crippen LogP contribution is -2.05. The van der Waals surface area contributed by atoms with Crippen LogP contribution in [0.5, 0.6) is 11.5 Å². The van der Waals surface area contributed by atoms with E-state index in [4.69, 9.17) is 14.2 Å². The first kappa shape index (κ1) is 15.8. The van der Waals surface area contributed by atoms with Crippen LogP contribution in [0.1, 0.15) is 40.7 Å². The van der Waals surface area contributed by atoms with E-state index in [1.54, 1.807) is 0 Å². The van der Waals surface area contributed by atoms with Gasteiger partial charge in [-0.05, 0) is 31.0 Å². The zero-order valence-electron chi connectivity index (χ0n) is 9.16. The lowest BCUT2D eigenvalue weighted by atomic mass is 10.2. The topological polar surface area (TPSA) is 27.7 Å². The first-order valence-corrected chi connectivity index (χ1v) is 5.29. The Morgan fingerprint density at radius 1 is 1.24 bits per heavy atom. The molecule has 0 radical (unpaired) electrons. The molecule has 1 aliphatic heterocycles. The van der Waals surface area contributed by atoms with Crippen molar-refractivity contribution in [2.75, 3.05) is 6.79 Å². The van der Waals surface area contributed by atoms with Gasteiger partial charge in [-0.15, -0.1) is 0 Å². The van der Waals surface area contributed by atoms with Crippen LogP contribution in [-0.2, 0) is 11.3 Å². The van der Waals surface area contributed by atoms with Crippen molar-refractivity contribution >= 4 is 0 Å². The molecule has 2 rings (SSSR count). The van der Waals surface area contributed by atoms with Crippen LogP contribution in [-0.4, -0.2) is 12.9 Å². The van der Waals surface area contributed by atoms with Crippen LogP contribution < -0.4 is 9.47 Å². The van der Waals surface area contributed by atoms with Gasteiger partial charge in [0.2, 0.25) is 6.79 Å². The van der Waals surface area contributed by atoms with E-state index in [0.29, 0.717) is 19.5 Å². The molecule has 98 valence electrons. The molecule has 0 aliphatic carbocycles. The predicted molar refractivity (Wildman–Crippen MR) is 70.6 cm³/mol. The third-order valence-electron chi connectivity index (χ3n) is 2.55. The minimum Gasteiger partial charge on any atom is -0.454 e. The van der Waals surface area contributed by atoms with Gasteiger partial charge in [-0.3, -0.25) is 0 Å². The Bertz CT molecular complexity index is 336. The Balaban J connectivity index is 0.00000128. The second-order valence-corrected chi connectivity index (χ2v) is 3.72. The molecule has 3 heteroatoms.